The summed E-state index contributed by atoms with van der Waals surface area (Å²) in [4.78, 5) is 1.09. The van der Waals surface area contributed by atoms with Crippen molar-refractivity contribution in [3.63, 3.8) is 0 Å². The highest BCUT2D eigenvalue weighted by atomic mass is 35.5. The van der Waals surface area contributed by atoms with E-state index < -0.39 is 0 Å². The number of hydrogen-bond donors (Lipinski definition) is 0. The lowest BCUT2D eigenvalue weighted by atomic mass is 10.2. The van der Waals surface area contributed by atoms with Crippen LogP contribution in [0.3, 0.4) is 0 Å². The van der Waals surface area contributed by atoms with Crippen LogP contribution in [0, 0.1) is 5.38 Å². The minimum atomic E-state index is 0.702. The van der Waals surface area contributed by atoms with Crippen LogP contribution in [0.5, 0.6) is 0 Å². The van der Waals surface area contributed by atoms with Crippen molar-refractivity contribution in [1.82, 2.24) is 0 Å². The van der Waals surface area contributed by atoms with E-state index in [4.69, 9.17) is 23.2 Å². The third-order valence-electron chi connectivity index (χ3n) is 1.67. The molecule has 0 amide bonds. The van der Waals surface area contributed by atoms with Crippen LogP contribution >= 0.6 is 34.5 Å². The fraction of sp³-hybridized carbons (Fsp3) is 0. The van der Waals surface area contributed by atoms with Gasteiger partial charge in [-0.05, 0) is 30.3 Å². The van der Waals surface area contributed by atoms with Gasteiger partial charge >= 0.3 is 0 Å². The van der Waals surface area contributed by atoms with Crippen LogP contribution in [0.4, 0.5) is 0 Å². The smallest absolute Gasteiger partial charge is 0.0493 e. The van der Waals surface area contributed by atoms with Crippen molar-refractivity contribution >= 4 is 34.5 Å². The van der Waals surface area contributed by atoms with Crippen LogP contribution in [0.15, 0.2) is 30.3 Å². The molecule has 0 bridgehead atoms. The molecule has 13 heavy (non-hydrogen) atoms. The predicted molar refractivity (Wildman–Crippen MR) is 58.6 cm³/mol. The Balaban J connectivity index is 2.57. The SMILES string of the molecule is Clc1ccc(Cl)c(-c2cc[c]s2)c1. The summed E-state index contributed by atoms with van der Waals surface area (Å²) in [5.41, 5.74) is 0.973. The van der Waals surface area contributed by atoms with Crippen molar-refractivity contribution < 1.29 is 0 Å². The highest BCUT2D eigenvalue weighted by molar-refractivity contribution is 7.13. The minimum absolute atomic E-state index is 0.702. The molecule has 0 aliphatic heterocycles. The molecule has 2 aromatic rings. The number of benzene rings is 1. The molecule has 0 saturated heterocycles. The van der Waals surface area contributed by atoms with E-state index in [9.17, 15) is 0 Å². The molecule has 1 aromatic heterocycles. The van der Waals surface area contributed by atoms with Crippen molar-refractivity contribution in [3.05, 3.63) is 45.8 Å². The first-order valence-corrected chi connectivity index (χ1v) is 5.26. The van der Waals surface area contributed by atoms with Gasteiger partial charge in [0, 0.05) is 25.9 Å². The van der Waals surface area contributed by atoms with Crippen LogP contribution in [0.1, 0.15) is 0 Å². The van der Waals surface area contributed by atoms with Gasteiger partial charge < -0.3 is 0 Å². The van der Waals surface area contributed by atoms with Crippen LogP contribution in [-0.2, 0) is 0 Å². The third-order valence-corrected chi connectivity index (χ3v) is 3.06. The largest absolute Gasteiger partial charge is 0.134 e. The first-order chi connectivity index (χ1) is 6.27. The maximum atomic E-state index is 6.02. The van der Waals surface area contributed by atoms with Crippen molar-refractivity contribution in [2.45, 2.75) is 0 Å². The summed E-state index contributed by atoms with van der Waals surface area (Å²) in [6, 6.07) is 9.30. The van der Waals surface area contributed by atoms with Gasteiger partial charge in [0.1, 0.15) is 0 Å². The Morgan fingerprint density at radius 2 is 2.00 bits per heavy atom. The van der Waals surface area contributed by atoms with Gasteiger partial charge in [0.25, 0.3) is 0 Å². The zero-order valence-corrected chi connectivity index (χ0v) is 8.88. The quantitative estimate of drug-likeness (QED) is 0.673. The summed E-state index contributed by atoms with van der Waals surface area (Å²) in [5, 5.41) is 4.44. The van der Waals surface area contributed by atoms with E-state index in [1.54, 1.807) is 12.1 Å². The first kappa shape index (κ1) is 9.07. The average molecular weight is 228 g/mol. The lowest BCUT2D eigenvalue weighted by Crippen LogP contribution is -1.74. The van der Waals surface area contributed by atoms with E-state index in [1.165, 1.54) is 11.3 Å². The van der Waals surface area contributed by atoms with E-state index in [-0.39, 0.29) is 0 Å². The second-order valence-corrected chi connectivity index (χ2v) is 4.26. The molecule has 0 N–H and O–H groups in total. The average Bonchev–Trinajstić information content (AvgIpc) is 2.61. The highest BCUT2D eigenvalue weighted by Gasteiger charge is 2.04. The van der Waals surface area contributed by atoms with Crippen LogP contribution in [0.2, 0.25) is 10.0 Å². The molecule has 2 rings (SSSR count). The molecule has 0 atom stereocenters. The molecule has 1 radical (unpaired) electrons. The predicted octanol–water partition coefficient (Wildman–Crippen LogP) is 4.52. The van der Waals surface area contributed by atoms with Gasteiger partial charge in [-0.1, -0.05) is 23.2 Å². The van der Waals surface area contributed by atoms with E-state index in [1.807, 2.05) is 18.2 Å². The molecule has 0 fully saturated rings. The Hall–Kier alpha value is -0.500. The van der Waals surface area contributed by atoms with Gasteiger partial charge in [0.15, 0.2) is 0 Å². The maximum absolute atomic E-state index is 6.02. The molecule has 65 valence electrons. The van der Waals surface area contributed by atoms with Gasteiger partial charge in [-0.2, -0.15) is 0 Å². The van der Waals surface area contributed by atoms with Gasteiger partial charge in [0.05, 0.1) is 0 Å². The lowest BCUT2D eigenvalue weighted by Gasteiger charge is -2.00. The summed E-state index contributed by atoms with van der Waals surface area (Å²) < 4.78 is 0. The first-order valence-electron chi connectivity index (χ1n) is 3.68. The zero-order valence-electron chi connectivity index (χ0n) is 6.55. The topological polar surface area (TPSA) is 0 Å². The zero-order chi connectivity index (χ0) is 9.26. The molecule has 1 heterocycles. The summed E-state index contributed by atoms with van der Waals surface area (Å²) >= 11 is 13.4. The Bertz CT molecular complexity index is 407. The normalized spacial score (nSPS) is 10.3. The van der Waals surface area contributed by atoms with E-state index in [0.29, 0.717) is 5.02 Å². The second-order valence-electron chi connectivity index (χ2n) is 2.54. The molecule has 0 unspecified atom stereocenters. The number of hydrogen-bond acceptors (Lipinski definition) is 1. The lowest BCUT2D eigenvalue weighted by molar-refractivity contribution is 1.69. The molecule has 0 nitrogen and oxygen atoms in total. The summed E-state index contributed by atoms with van der Waals surface area (Å²) in [6.45, 7) is 0. The summed E-state index contributed by atoms with van der Waals surface area (Å²) in [7, 11) is 0. The van der Waals surface area contributed by atoms with Crippen LogP contribution in [-0.4, -0.2) is 0 Å². The van der Waals surface area contributed by atoms with Crippen molar-refractivity contribution in [1.29, 1.82) is 0 Å². The van der Waals surface area contributed by atoms with Crippen molar-refractivity contribution in [2.24, 2.45) is 0 Å². The van der Waals surface area contributed by atoms with Gasteiger partial charge in [-0.25, -0.2) is 0 Å². The third kappa shape index (κ3) is 1.88. The number of halogens is 2. The minimum Gasteiger partial charge on any atom is -0.134 e. The summed E-state index contributed by atoms with van der Waals surface area (Å²) in [5.74, 6) is 0. The van der Waals surface area contributed by atoms with Crippen LogP contribution < -0.4 is 0 Å². The second kappa shape index (κ2) is 3.70. The summed E-state index contributed by atoms with van der Waals surface area (Å²) in [6.07, 6.45) is 0. The van der Waals surface area contributed by atoms with Gasteiger partial charge in [0.2, 0.25) is 0 Å². The van der Waals surface area contributed by atoms with Gasteiger partial charge in [-0.15, -0.1) is 11.3 Å². The van der Waals surface area contributed by atoms with E-state index in [2.05, 4.69) is 5.38 Å². The van der Waals surface area contributed by atoms with E-state index >= 15 is 0 Å². The van der Waals surface area contributed by atoms with Crippen molar-refractivity contribution in [3.8, 4) is 10.4 Å². The molecule has 0 aliphatic rings. The van der Waals surface area contributed by atoms with Crippen molar-refractivity contribution in [2.75, 3.05) is 0 Å². The molecule has 0 saturated carbocycles. The molecule has 1 aromatic carbocycles. The molecule has 3 heteroatoms. The number of thiophene rings is 1. The fourth-order valence-electron chi connectivity index (χ4n) is 1.07. The fourth-order valence-corrected chi connectivity index (χ4v) is 2.20. The number of rotatable bonds is 1. The van der Waals surface area contributed by atoms with Crippen LogP contribution in [0.25, 0.3) is 10.4 Å². The standard InChI is InChI=1S/C10H5Cl2S/c11-7-3-4-9(12)8(6-7)10-2-1-5-13-10/h1-4,6H. The Morgan fingerprint density at radius 1 is 1.15 bits per heavy atom. The van der Waals surface area contributed by atoms with E-state index in [0.717, 1.165) is 15.5 Å². The Labute approximate surface area is 90.7 Å². The highest BCUT2D eigenvalue weighted by Crippen LogP contribution is 2.32. The molecular weight excluding hydrogens is 223 g/mol. The van der Waals surface area contributed by atoms with Gasteiger partial charge in [-0.3, -0.25) is 0 Å². The molecule has 0 aliphatic carbocycles. The maximum Gasteiger partial charge on any atom is 0.0493 e. The molecule has 0 spiro atoms. The monoisotopic (exact) mass is 227 g/mol. The molecular formula is C10H5Cl2S. The Morgan fingerprint density at radius 3 is 2.69 bits per heavy atom. The Kier molecular flexibility index (Phi) is 2.58.